The molecule has 3 fully saturated rings. The molecule has 3 saturated heterocycles. The number of sulfonamides is 1. The van der Waals surface area contributed by atoms with Gasteiger partial charge in [0.2, 0.25) is 27.8 Å². The van der Waals surface area contributed by atoms with E-state index in [1.165, 1.54) is 13.9 Å². The lowest BCUT2D eigenvalue weighted by Crippen LogP contribution is -2.49. The van der Waals surface area contributed by atoms with Crippen molar-refractivity contribution < 1.29 is 40.3 Å². The van der Waals surface area contributed by atoms with Gasteiger partial charge in [0.1, 0.15) is 11.1 Å². The number of rotatable bonds is 9. The number of halogens is 4. The van der Waals surface area contributed by atoms with Gasteiger partial charge in [0, 0.05) is 57.3 Å². The molecule has 4 aromatic rings. The zero-order chi connectivity index (χ0) is 38.4. The number of methoxy groups -OCH3 is 1. The van der Waals surface area contributed by atoms with Crippen LogP contribution < -0.4 is 20.3 Å². The lowest BCUT2D eigenvalue weighted by atomic mass is 9.88. The number of nitrogens with zero attached hydrogens (tertiary/aromatic N) is 7. The zero-order valence-electron chi connectivity index (χ0n) is 29.6. The van der Waals surface area contributed by atoms with Crippen LogP contribution in [0.3, 0.4) is 0 Å². The molecule has 7 rings (SSSR count). The number of benzene rings is 2. The Balaban J connectivity index is 0.949. The number of hydrogen-bond acceptors (Lipinski definition) is 10. The number of piperidine rings is 2. The summed E-state index contributed by atoms with van der Waals surface area (Å²) in [5.41, 5.74) is 0.620. The van der Waals surface area contributed by atoms with Gasteiger partial charge in [0.25, 0.3) is 0 Å². The molecule has 2 N–H and O–H groups in total. The van der Waals surface area contributed by atoms with E-state index in [0.717, 1.165) is 12.7 Å². The van der Waals surface area contributed by atoms with Gasteiger partial charge in [-0.15, -0.1) is 0 Å². The molecule has 0 unspecified atom stereocenters. The number of amides is 3. The van der Waals surface area contributed by atoms with E-state index in [9.17, 15) is 31.2 Å². The summed E-state index contributed by atoms with van der Waals surface area (Å²) in [6, 6.07) is 9.55. The molecule has 2 aromatic carbocycles. The Bertz CT molecular complexity index is 2180. The fourth-order valence-corrected chi connectivity index (χ4v) is 8.97. The normalized spacial score (nSPS) is 18.7. The zero-order valence-corrected chi connectivity index (χ0v) is 30.4. The number of anilines is 2. The van der Waals surface area contributed by atoms with E-state index in [2.05, 4.69) is 30.6 Å². The first-order valence-corrected chi connectivity index (χ1v) is 19.0. The van der Waals surface area contributed by atoms with E-state index in [0.29, 0.717) is 73.8 Å². The fraction of sp³-hybridized carbons (Fsp3) is 0.457. The summed E-state index contributed by atoms with van der Waals surface area (Å²) in [6.45, 7) is 2.43. The van der Waals surface area contributed by atoms with Gasteiger partial charge in [-0.25, -0.2) is 22.6 Å². The predicted molar refractivity (Wildman–Crippen MR) is 189 cm³/mol. The van der Waals surface area contributed by atoms with Gasteiger partial charge in [-0.05, 0) is 74.0 Å². The van der Waals surface area contributed by atoms with Crippen molar-refractivity contribution in [2.24, 2.45) is 7.05 Å². The quantitative estimate of drug-likeness (QED) is 0.231. The number of carbonyl (C=O) groups is 2. The number of likely N-dealkylation sites (tertiary alicyclic amines) is 1. The molecule has 0 spiro atoms. The summed E-state index contributed by atoms with van der Waals surface area (Å²) in [7, 11) is -1.09. The maximum Gasteiger partial charge on any atom is 0.423 e. The van der Waals surface area contributed by atoms with E-state index >= 15 is 4.39 Å². The molecule has 3 amide bonds. The minimum absolute atomic E-state index is 0.0310. The van der Waals surface area contributed by atoms with Crippen molar-refractivity contribution >= 4 is 44.6 Å². The molecule has 0 radical (unpaired) electrons. The van der Waals surface area contributed by atoms with Crippen LogP contribution in [0.15, 0.2) is 47.5 Å². The number of aromatic nitrogens is 4. The highest BCUT2D eigenvalue weighted by Crippen LogP contribution is 2.37. The largest absolute Gasteiger partial charge is 0.480 e. The van der Waals surface area contributed by atoms with E-state index in [-0.39, 0.29) is 60.6 Å². The molecule has 288 valence electrons. The number of urea groups is 1. The minimum atomic E-state index is -4.66. The first-order valence-electron chi connectivity index (χ1n) is 17.6. The molecule has 14 nitrogen and oxygen atoms in total. The number of carbonyl (C=O) groups excluding carboxylic acids is 2. The summed E-state index contributed by atoms with van der Waals surface area (Å²) < 4.78 is 90.5. The Morgan fingerprint density at radius 2 is 1.76 bits per heavy atom. The fourth-order valence-electron chi connectivity index (χ4n) is 7.43. The van der Waals surface area contributed by atoms with Crippen LogP contribution in [0, 0.1) is 5.82 Å². The Kier molecular flexibility index (Phi) is 10.2. The SMILES string of the molecule is COc1nc(NC2CCN(S(=O)(=O)c3cccc(CN4CCC(c5ccc6c(N7CCC(=O)NC7=O)nn(C)c6c5F)CC4)c3)CC2)ncc1C(F)(F)F. The van der Waals surface area contributed by atoms with Crippen LogP contribution in [-0.2, 0) is 34.6 Å². The third-order valence-corrected chi connectivity index (χ3v) is 12.2. The van der Waals surface area contributed by atoms with Gasteiger partial charge >= 0.3 is 12.2 Å². The molecule has 0 saturated carbocycles. The third kappa shape index (κ3) is 7.43. The topological polar surface area (TPSA) is 155 Å². The van der Waals surface area contributed by atoms with E-state index in [1.54, 1.807) is 37.4 Å². The molecule has 2 aromatic heterocycles. The van der Waals surface area contributed by atoms with Gasteiger partial charge in [0.15, 0.2) is 11.6 Å². The second kappa shape index (κ2) is 14.7. The van der Waals surface area contributed by atoms with Crippen LogP contribution in [0.1, 0.15) is 54.7 Å². The van der Waals surface area contributed by atoms with E-state index in [1.807, 2.05) is 6.07 Å². The molecular formula is C35H39F4N9O5S. The van der Waals surface area contributed by atoms with E-state index in [4.69, 9.17) is 4.74 Å². The molecule has 19 heteroatoms. The minimum Gasteiger partial charge on any atom is -0.480 e. The maximum atomic E-state index is 16.0. The van der Waals surface area contributed by atoms with Crippen LogP contribution >= 0.6 is 0 Å². The number of hydrogen-bond donors (Lipinski definition) is 2. The van der Waals surface area contributed by atoms with Crippen LogP contribution in [0.4, 0.5) is 34.1 Å². The van der Waals surface area contributed by atoms with Crippen molar-refractivity contribution in [2.45, 2.75) is 61.7 Å². The van der Waals surface area contributed by atoms with Crippen molar-refractivity contribution in [1.82, 2.24) is 34.3 Å². The monoisotopic (exact) mass is 773 g/mol. The van der Waals surface area contributed by atoms with Crippen molar-refractivity contribution in [3.8, 4) is 5.88 Å². The summed E-state index contributed by atoms with van der Waals surface area (Å²) in [6.07, 6.45) is -1.70. The van der Waals surface area contributed by atoms with Crippen LogP contribution in [0.2, 0.25) is 0 Å². The summed E-state index contributed by atoms with van der Waals surface area (Å²) in [5, 5.41) is 10.2. The average molecular weight is 774 g/mol. The molecule has 0 atom stereocenters. The molecule has 0 bridgehead atoms. The average Bonchev–Trinajstić information content (AvgIpc) is 3.48. The smallest absolute Gasteiger partial charge is 0.423 e. The number of ether oxygens (including phenoxy) is 1. The summed E-state index contributed by atoms with van der Waals surface area (Å²) in [4.78, 5) is 35.4. The first kappa shape index (κ1) is 37.4. The third-order valence-electron chi connectivity index (χ3n) is 10.3. The lowest BCUT2D eigenvalue weighted by Gasteiger charge is -2.33. The molecule has 3 aliphatic heterocycles. The summed E-state index contributed by atoms with van der Waals surface area (Å²) in [5.74, 6) is -1.11. The maximum absolute atomic E-state index is 16.0. The summed E-state index contributed by atoms with van der Waals surface area (Å²) >= 11 is 0. The molecule has 3 aliphatic rings. The number of aryl methyl sites for hydroxylation is 1. The van der Waals surface area contributed by atoms with Gasteiger partial charge in [0.05, 0.1) is 12.0 Å². The number of alkyl halides is 3. The van der Waals surface area contributed by atoms with Gasteiger partial charge in [-0.3, -0.25) is 24.6 Å². The Morgan fingerprint density at radius 1 is 1.02 bits per heavy atom. The van der Waals surface area contributed by atoms with Crippen molar-refractivity contribution in [3.63, 3.8) is 0 Å². The van der Waals surface area contributed by atoms with Crippen LogP contribution in [0.5, 0.6) is 5.88 Å². The van der Waals surface area contributed by atoms with Crippen molar-refractivity contribution in [1.29, 1.82) is 0 Å². The predicted octanol–water partition coefficient (Wildman–Crippen LogP) is 4.62. The molecule has 54 heavy (non-hydrogen) atoms. The standard InChI is InChI=1S/C35H39F4N9O5S/c1-45-30-26(31(44-45)48-17-12-28(49)42-34(48)50)7-6-25(29(30)36)22-8-13-46(14-9-22)20-21-4-3-5-24(18-21)54(51,52)47-15-10-23(11-16-47)41-33-40-19-27(35(37,38)39)32(43-33)53-2/h3-7,18-19,22-23H,8-17,20H2,1-2H3,(H,40,41,43)(H,42,49,50). The first-order chi connectivity index (χ1) is 25.7. The highest BCUT2D eigenvalue weighted by atomic mass is 32.2. The van der Waals surface area contributed by atoms with Gasteiger partial charge in [-0.2, -0.15) is 27.6 Å². The highest BCUT2D eigenvalue weighted by molar-refractivity contribution is 7.89. The van der Waals surface area contributed by atoms with Gasteiger partial charge in [-0.1, -0.05) is 18.2 Å². The lowest BCUT2D eigenvalue weighted by molar-refractivity contribution is -0.139. The Labute approximate surface area is 308 Å². The van der Waals surface area contributed by atoms with Crippen LogP contribution in [-0.4, -0.2) is 95.2 Å². The molecular weight excluding hydrogens is 735 g/mol. The number of imide groups is 1. The van der Waals surface area contributed by atoms with Crippen molar-refractivity contribution in [2.75, 3.05) is 50.1 Å². The molecule has 5 heterocycles. The second-order valence-electron chi connectivity index (χ2n) is 13.7. The number of nitrogens with one attached hydrogen (secondary N) is 2. The Morgan fingerprint density at radius 3 is 2.44 bits per heavy atom. The van der Waals surface area contributed by atoms with Crippen LogP contribution in [0.25, 0.3) is 10.9 Å². The highest BCUT2D eigenvalue weighted by Gasteiger charge is 2.37. The molecule has 0 aliphatic carbocycles. The second-order valence-corrected chi connectivity index (χ2v) is 15.6. The number of fused-ring (bicyclic) bond motifs is 1. The van der Waals surface area contributed by atoms with Crippen molar-refractivity contribution in [3.05, 3.63) is 65.1 Å². The Hall–Kier alpha value is -4.88. The van der Waals surface area contributed by atoms with Gasteiger partial charge < -0.3 is 10.1 Å². The van der Waals surface area contributed by atoms with E-state index < -0.39 is 33.7 Å².